The van der Waals surface area contributed by atoms with E-state index in [-0.39, 0.29) is 0 Å². The molecule has 3 nitrogen and oxygen atoms in total. The van der Waals surface area contributed by atoms with Gasteiger partial charge in [0.2, 0.25) is 0 Å². The van der Waals surface area contributed by atoms with E-state index in [2.05, 4.69) is 223 Å². The van der Waals surface area contributed by atoms with Crippen molar-refractivity contribution in [2.24, 2.45) is 0 Å². The van der Waals surface area contributed by atoms with Crippen molar-refractivity contribution >= 4 is 92.4 Å². The highest BCUT2D eigenvalue weighted by molar-refractivity contribution is 7.26. The highest BCUT2D eigenvalue weighted by atomic mass is 32.1. The molecule has 0 radical (unpaired) electrons. The summed E-state index contributed by atoms with van der Waals surface area (Å²) in [6.45, 7) is 0. The average molecular weight is 836 g/mol. The molecule has 4 heteroatoms. The zero-order chi connectivity index (χ0) is 42.1. The number of hydrogen-bond donors (Lipinski definition) is 0. The number of anilines is 3. The molecule has 0 N–H and O–H groups in total. The monoisotopic (exact) mass is 835 g/mol. The van der Waals surface area contributed by atoms with E-state index in [1.165, 1.54) is 42.4 Å². The lowest BCUT2D eigenvalue weighted by Crippen LogP contribution is -2.11. The van der Waals surface area contributed by atoms with Crippen molar-refractivity contribution in [3.63, 3.8) is 0 Å². The molecule has 0 spiro atoms. The van der Waals surface area contributed by atoms with Gasteiger partial charge in [-0.1, -0.05) is 170 Å². The van der Waals surface area contributed by atoms with E-state index in [0.717, 1.165) is 83.2 Å². The highest BCUT2D eigenvalue weighted by Crippen LogP contribution is 2.53. The Bertz CT molecular complexity index is 3890. The largest absolute Gasteiger partial charge is 0.456 e. The van der Waals surface area contributed by atoms with E-state index in [1.807, 2.05) is 17.4 Å². The zero-order valence-corrected chi connectivity index (χ0v) is 35.4. The lowest BCUT2D eigenvalue weighted by molar-refractivity contribution is 0.669. The standard InChI is InChI=1S/C60H37NO2S/c1-5-16-38(17-6-1)42-28-30-47-54(35-42)63-55-36-44(40-20-9-3-10-21-40)34-51(58(47)55)61(49-25-15-27-53-57(49)46-24-13-14-26-52(46)62-53)50-33-32-45(41-22-11-4-12-23-41)60-59(50)48-31-29-43(37-56(48)64-60)39-18-7-2-8-19-39/h1-37H. The Hall–Kier alpha value is -8.18. The molecule has 0 atom stereocenters. The quantitative estimate of drug-likeness (QED) is 0.160. The number of benzene rings is 10. The minimum atomic E-state index is 0.825. The number of para-hydroxylation sites is 1. The third kappa shape index (κ3) is 5.88. The normalized spacial score (nSPS) is 11.8. The van der Waals surface area contributed by atoms with Crippen LogP contribution < -0.4 is 4.90 Å². The van der Waals surface area contributed by atoms with Crippen molar-refractivity contribution in [3.05, 3.63) is 224 Å². The van der Waals surface area contributed by atoms with Gasteiger partial charge < -0.3 is 13.7 Å². The molecular formula is C60H37NO2S. The zero-order valence-electron chi connectivity index (χ0n) is 34.5. The van der Waals surface area contributed by atoms with Crippen LogP contribution in [0, 0.1) is 0 Å². The molecule has 64 heavy (non-hydrogen) atoms. The second-order valence-electron chi connectivity index (χ2n) is 16.4. The van der Waals surface area contributed by atoms with Crippen molar-refractivity contribution in [3.8, 4) is 44.5 Å². The lowest BCUT2D eigenvalue weighted by atomic mass is 9.96. The summed E-state index contributed by atoms with van der Waals surface area (Å²) in [4.78, 5) is 2.49. The van der Waals surface area contributed by atoms with Crippen LogP contribution >= 0.6 is 11.3 Å². The molecule has 0 aliphatic rings. The molecule has 13 aromatic rings. The lowest BCUT2D eigenvalue weighted by Gasteiger charge is -2.29. The molecule has 300 valence electrons. The van der Waals surface area contributed by atoms with Gasteiger partial charge in [0.05, 0.1) is 27.8 Å². The van der Waals surface area contributed by atoms with Crippen molar-refractivity contribution in [1.29, 1.82) is 0 Å². The van der Waals surface area contributed by atoms with Gasteiger partial charge in [0.1, 0.15) is 22.3 Å². The smallest absolute Gasteiger partial charge is 0.138 e. The summed E-state index contributed by atoms with van der Waals surface area (Å²) in [6.07, 6.45) is 0. The van der Waals surface area contributed by atoms with Crippen LogP contribution in [0.1, 0.15) is 0 Å². The van der Waals surface area contributed by atoms with Crippen molar-refractivity contribution < 1.29 is 8.83 Å². The molecule has 0 fully saturated rings. The molecule has 0 bridgehead atoms. The first-order valence-corrected chi connectivity index (χ1v) is 22.5. The van der Waals surface area contributed by atoms with Crippen LogP contribution in [0.5, 0.6) is 0 Å². The minimum Gasteiger partial charge on any atom is -0.456 e. The first kappa shape index (κ1) is 36.5. The fraction of sp³-hybridized carbons (Fsp3) is 0. The topological polar surface area (TPSA) is 29.5 Å². The predicted octanol–water partition coefficient (Wildman–Crippen LogP) is 18.0. The second kappa shape index (κ2) is 14.7. The summed E-state index contributed by atoms with van der Waals surface area (Å²) in [5.74, 6) is 0. The first-order chi connectivity index (χ1) is 31.7. The Balaban J connectivity index is 1.18. The van der Waals surface area contributed by atoms with Crippen LogP contribution in [0.25, 0.3) is 109 Å². The summed E-state index contributed by atoms with van der Waals surface area (Å²) in [5, 5.41) is 6.63. The van der Waals surface area contributed by atoms with Gasteiger partial charge in [-0.3, -0.25) is 0 Å². The Morgan fingerprint density at radius 3 is 1.55 bits per heavy atom. The Kier molecular flexibility index (Phi) is 8.40. The van der Waals surface area contributed by atoms with Crippen LogP contribution in [0.15, 0.2) is 233 Å². The molecule has 0 unspecified atom stereocenters. The fourth-order valence-electron chi connectivity index (χ4n) is 9.70. The van der Waals surface area contributed by atoms with Gasteiger partial charge in [-0.25, -0.2) is 0 Å². The van der Waals surface area contributed by atoms with Crippen molar-refractivity contribution in [2.75, 3.05) is 4.90 Å². The molecule has 0 aliphatic carbocycles. The van der Waals surface area contributed by atoms with E-state index < -0.39 is 0 Å². The van der Waals surface area contributed by atoms with Gasteiger partial charge in [0.25, 0.3) is 0 Å². The van der Waals surface area contributed by atoms with Gasteiger partial charge in [-0.05, 0) is 99.1 Å². The summed E-state index contributed by atoms with van der Waals surface area (Å²) >= 11 is 1.87. The molecule has 3 aromatic heterocycles. The number of furan rings is 2. The number of rotatable bonds is 7. The maximum absolute atomic E-state index is 7.01. The summed E-state index contributed by atoms with van der Waals surface area (Å²) in [7, 11) is 0. The third-order valence-electron chi connectivity index (χ3n) is 12.7. The highest BCUT2D eigenvalue weighted by Gasteiger charge is 2.28. The maximum atomic E-state index is 7.01. The first-order valence-electron chi connectivity index (χ1n) is 21.7. The van der Waals surface area contributed by atoms with Gasteiger partial charge >= 0.3 is 0 Å². The summed E-state index contributed by atoms with van der Waals surface area (Å²) in [6, 6.07) is 80.3. The Morgan fingerprint density at radius 2 is 0.828 bits per heavy atom. The van der Waals surface area contributed by atoms with Gasteiger partial charge in [-0.15, -0.1) is 11.3 Å². The maximum Gasteiger partial charge on any atom is 0.138 e. The van der Waals surface area contributed by atoms with Crippen LogP contribution in [0.3, 0.4) is 0 Å². The van der Waals surface area contributed by atoms with Crippen LogP contribution in [-0.2, 0) is 0 Å². The average Bonchev–Trinajstić information content (AvgIpc) is 4.06. The molecular weight excluding hydrogens is 799 g/mol. The Morgan fingerprint density at radius 1 is 0.297 bits per heavy atom. The van der Waals surface area contributed by atoms with Crippen molar-refractivity contribution in [2.45, 2.75) is 0 Å². The number of fused-ring (bicyclic) bond motifs is 9. The molecule has 3 heterocycles. The minimum absolute atomic E-state index is 0.825. The number of nitrogens with zero attached hydrogens (tertiary/aromatic N) is 1. The molecule has 0 saturated heterocycles. The van der Waals surface area contributed by atoms with E-state index in [4.69, 9.17) is 8.83 Å². The molecule has 0 aliphatic heterocycles. The Labute approximate surface area is 373 Å². The fourth-order valence-corrected chi connectivity index (χ4v) is 11.0. The van der Waals surface area contributed by atoms with E-state index in [1.54, 1.807) is 0 Å². The predicted molar refractivity (Wildman–Crippen MR) is 270 cm³/mol. The summed E-state index contributed by atoms with van der Waals surface area (Å²) in [5.41, 5.74) is 15.7. The van der Waals surface area contributed by atoms with Crippen LogP contribution in [-0.4, -0.2) is 0 Å². The van der Waals surface area contributed by atoms with Gasteiger partial charge in [0.15, 0.2) is 0 Å². The molecule has 0 amide bonds. The summed E-state index contributed by atoms with van der Waals surface area (Å²) < 4.78 is 16.1. The van der Waals surface area contributed by atoms with Crippen LogP contribution in [0.2, 0.25) is 0 Å². The van der Waals surface area contributed by atoms with E-state index in [0.29, 0.717) is 0 Å². The molecule has 13 rings (SSSR count). The number of hydrogen-bond acceptors (Lipinski definition) is 4. The SMILES string of the molecule is c1ccc(-c2ccc3c(c2)oc2cc(-c4ccccc4)cc(N(c4cccc5oc6ccccc6c45)c4ccc(-c5ccccc5)c5sc6cc(-c7ccccc7)ccc6c45)c23)cc1. The molecule has 10 aromatic carbocycles. The van der Waals surface area contributed by atoms with Gasteiger partial charge in [-0.2, -0.15) is 0 Å². The molecule has 0 saturated carbocycles. The van der Waals surface area contributed by atoms with Gasteiger partial charge in [0, 0.05) is 30.9 Å². The second-order valence-corrected chi connectivity index (χ2v) is 17.4. The number of thiophene rings is 1. The van der Waals surface area contributed by atoms with Crippen molar-refractivity contribution in [1.82, 2.24) is 0 Å². The van der Waals surface area contributed by atoms with E-state index >= 15 is 0 Å². The van der Waals surface area contributed by atoms with E-state index in [9.17, 15) is 0 Å². The third-order valence-corrected chi connectivity index (χ3v) is 13.8. The van der Waals surface area contributed by atoms with Crippen LogP contribution in [0.4, 0.5) is 17.1 Å².